The number of halogens is 4. The molecule has 1 rings (SSSR count). The van der Waals surface area contributed by atoms with Crippen LogP contribution in [-0.2, 0) is 0 Å². The Balaban J connectivity index is 2.72. The molecule has 0 unspecified atom stereocenters. The Bertz CT molecular complexity index is 242. The molecule has 0 amide bonds. The second-order valence-corrected chi connectivity index (χ2v) is 4.95. The lowest BCUT2D eigenvalue weighted by Gasteiger charge is -2.02. The Kier molecular flexibility index (Phi) is 2.88. The Morgan fingerprint density at radius 3 is 2.45 bits per heavy atom. The van der Waals surface area contributed by atoms with E-state index < -0.39 is 5.51 Å². The number of thioether (sulfide) groups is 1. The summed E-state index contributed by atoms with van der Waals surface area (Å²) >= 11 is 4.16. The van der Waals surface area contributed by atoms with E-state index in [1.165, 1.54) is 17.4 Å². The van der Waals surface area contributed by atoms with Crippen molar-refractivity contribution in [3.05, 3.63) is 15.2 Å². The molecule has 1 aromatic heterocycles. The lowest BCUT2D eigenvalue weighted by molar-refractivity contribution is -0.0328. The van der Waals surface area contributed by atoms with Gasteiger partial charge in [0.2, 0.25) is 0 Å². The summed E-state index contributed by atoms with van der Waals surface area (Å²) < 4.78 is 35.8. The Morgan fingerprint density at radius 2 is 2.09 bits per heavy atom. The number of rotatable bonds is 1. The van der Waals surface area contributed by atoms with Crippen molar-refractivity contribution in [2.45, 2.75) is 10.4 Å². The molecule has 11 heavy (non-hydrogen) atoms. The van der Waals surface area contributed by atoms with Crippen LogP contribution in [0.25, 0.3) is 0 Å². The first-order valence-corrected chi connectivity index (χ1v) is 4.97. The zero-order chi connectivity index (χ0) is 8.48. The van der Waals surface area contributed by atoms with Crippen LogP contribution in [0.1, 0.15) is 0 Å². The molecule has 1 aromatic rings. The van der Waals surface area contributed by atoms with Crippen molar-refractivity contribution in [1.29, 1.82) is 0 Å². The largest absolute Gasteiger partial charge is 0.446 e. The van der Waals surface area contributed by atoms with Crippen molar-refractivity contribution < 1.29 is 13.2 Å². The third kappa shape index (κ3) is 3.04. The summed E-state index contributed by atoms with van der Waals surface area (Å²) in [6.45, 7) is 0. The molecule has 1 heterocycles. The maximum Gasteiger partial charge on any atom is 0.446 e. The third-order valence-electron chi connectivity index (χ3n) is 0.810. The molecule has 0 aliphatic heterocycles. The summed E-state index contributed by atoms with van der Waals surface area (Å²) in [5, 5.41) is 1.61. The fourth-order valence-corrected chi connectivity index (χ4v) is 2.51. The third-order valence-corrected chi connectivity index (χ3v) is 3.68. The van der Waals surface area contributed by atoms with E-state index >= 15 is 0 Å². The number of hydrogen-bond donors (Lipinski definition) is 0. The molecule has 0 N–H and O–H groups in total. The molecular formula is C5H2BrF3S2. The van der Waals surface area contributed by atoms with Gasteiger partial charge < -0.3 is 0 Å². The molecule has 0 saturated heterocycles. The second kappa shape index (κ2) is 3.37. The summed E-state index contributed by atoms with van der Waals surface area (Å²) in [5.41, 5.74) is -4.19. The number of alkyl halides is 3. The van der Waals surface area contributed by atoms with Gasteiger partial charge >= 0.3 is 5.51 Å². The van der Waals surface area contributed by atoms with Gasteiger partial charge in [-0.1, -0.05) is 0 Å². The van der Waals surface area contributed by atoms with Crippen molar-refractivity contribution in [2.24, 2.45) is 0 Å². The average molecular weight is 263 g/mol. The van der Waals surface area contributed by atoms with Crippen LogP contribution in [0, 0.1) is 0 Å². The van der Waals surface area contributed by atoms with Gasteiger partial charge in [-0.3, -0.25) is 0 Å². The molecule has 0 aromatic carbocycles. The Morgan fingerprint density at radius 1 is 1.45 bits per heavy atom. The van der Waals surface area contributed by atoms with E-state index in [9.17, 15) is 13.2 Å². The van der Waals surface area contributed by atoms with Crippen LogP contribution in [0.5, 0.6) is 0 Å². The standard InChI is InChI=1S/C5H2BrF3S2/c6-4-3(1-2-10-4)11-5(7,8)9/h1-2H. The van der Waals surface area contributed by atoms with Gasteiger partial charge in [-0.05, 0) is 39.1 Å². The SMILES string of the molecule is FC(F)(F)Sc1ccsc1Br. The summed E-state index contributed by atoms with van der Waals surface area (Å²) in [7, 11) is 0. The first-order valence-electron chi connectivity index (χ1n) is 2.48. The highest BCUT2D eigenvalue weighted by Crippen LogP contribution is 2.42. The minimum Gasteiger partial charge on any atom is -0.160 e. The topological polar surface area (TPSA) is 0 Å². The highest BCUT2D eigenvalue weighted by molar-refractivity contribution is 9.11. The summed E-state index contributed by atoms with van der Waals surface area (Å²) in [6, 6.07) is 1.44. The monoisotopic (exact) mass is 262 g/mol. The zero-order valence-corrected chi connectivity index (χ0v) is 8.20. The Labute approximate surface area is 77.9 Å². The summed E-state index contributed by atoms with van der Waals surface area (Å²) in [6.07, 6.45) is 0. The van der Waals surface area contributed by atoms with Gasteiger partial charge in [0.1, 0.15) is 0 Å². The molecule has 0 spiro atoms. The molecule has 0 aliphatic rings. The van der Waals surface area contributed by atoms with E-state index in [4.69, 9.17) is 0 Å². The van der Waals surface area contributed by atoms with E-state index in [2.05, 4.69) is 15.9 Å². The minimum atomic E-state index is -4.19. The van der Waals surface area contributed by atoms with Crippen LogP contribution in [0.15, 0.2) is 20.1 Å². The van der Waals surface area contributed by atoms with Crippen molar-refractivity contribution >= 4 is 39.0 Å². The first kappa shape index (κ1) is 9.41. The molecule has 62 valence electrons. The fraction of sp³-hybridized carbons (Fsp3) is 0.200. The fourth-order valence-electron chi connectivity index (χ4n) is 0.478. The van der Waals surface area contributed by atoms with E-state index in [1.807, 2.05) is 0 Å². The highest BCUT2D eigenvalue weighted by Gasteiger charge is 2.30. The van der Waals surface area contributed by atoms with Crippen LogP contribution in [-0.4, -0.2) is 5.51 Å². The van der Waals surface area contributed by atoms with Crippen LogP contribution in [0.2, 0.25) is 0 Å². The molecule has 0 saturated carbocycles. The molecule has 6 heteroatoms. The second-order valence-electron chi connectivity index (χ2n) is 1.61. The lowest BCUT2D eigenvalue weighted by Crippen LogP contribution is -1.98. The molecule has 0 bridgehead atoms. The predicted molar refractivity (Wildman–Crippen MR) is 43.9 cm³/mol. The van der Waals surface area contributed by atoms with Gasteiger partial charge in [0.25, 0.3) is 0 Å². The summed E-state index contributed by atoms with van der Waals surface area (Å²) in [5.74, 6) is 0. The molecule has 0 atom stereocenters. The van der Waals surface area contributed by atoms with Crippen molar-refractivity contribution in [3.63, 3.8) is 0 Å². The van der Waals surface area contributed by atoms with Crippen molar-refractivity contribution in [2.75, 3.05) is 0 Å². The molecule has 0 aliphatic carbocycles. The van der Waals surface area contributed by atoms with E-state index in [-0.39, 0.29) is 16.7 Å². The van der Waals surface area contributed by atoms with Gasteiger partial charge in [-0.25, -0.2) is 0 Å². The first-order chi connectivity index (χ1) is 4.99. The normalized spacial score (nSPS) is 12.0. The van der Waals surface area contributed by atoms with Gasteiger partial charge in [0.05, 0.1) is 3.79 Å². The minimum absolute atomic E-state index is 0.102. The van der Waals surface area contributed by atoms with Gasteiger partial charge in [-0.2, -0.15) is 13.2 Å². The van der Waals surface area contributed by atoms with Crippen LogP contribution in [0.4, 0.5) is 13.2 Å². The van der Waals surface area contributed by atoms with E-state index in [1.54, 1.807) is 5.38 Å². The maximum atomic E-state index is 11.7. The van der Waals surface area contributed by atoms with Crippen LogP contribution in [0.3, 0.4) is 0 Å². The molecule has 0 fully saturated rings. The predicted octanol–water partition coefficient (Wildman–Crippen LogP) is 4.12. The molecule has 0 radical (unpaired) electrons. The molecular weight excluding hydrogens is 261 g/mol. The van der Waals surface area contributed by atoms with Gasteiger partial charge in [0, 0.05) is 4.90 Å². The lowest BCUT2D eigenvalue weighted by atomic mass is 10.7. The van der Waals surface area contributed by atoms with Crippen LogP contribution >= 0.6 is 39.0 Å². The quantitative estimate of drug-likeness (QED) is 0.687. The Hall–Kier alpha value is 0.320. The maximum absolute atomic E-state index is 11.7. The smallest absolute Gasteiger partial charge is 0.160 e. The highest BCUT2D eigenvalue weighted by atomic mass is 79.9. The van der Waals surface area contributed by atoms with Crippen molar-refractivity contribution in [3.8, 4) is 0 Å². The number of thiophene rings is 1. The molecule has 0 nitrogen and oxygen atoms in total. The zero-order valence-electron chi connectivity index (χ0n) is 4.98. The number of hydrogen-bond acceptors (Lipinski definition) is 2. The summed E-state index contributed by atoms with van der Waals surface area (Å²) in [4.78, 5) is 0.225. The average Bonchev–Trinajstić information content (AvgIpc) is 2.12. The van der Waals surface area contributed by atoms with E-state index in [0.29, 0.717) is 3.79 Å². The van der Waals surface area contributed by atoms with Gasteiger partial charge in [0.15, 0.2) is 0 Å². The van der Waals surface area contributed by atoms with Crippen molar-refractivity contribution in [1.82, 2.24) is 0 Å². The van der Waals surface area contributed by atoms with Gasteiger partial charge in [-0.15, -0.1) is 11.3 Å². The van der Waals surface area contributed by atoms with E-state index in [0.717, 1.165) is 0 Å². The van der Waals surface area contributed by atoms with Crippen LogP contribution < -0.4 is 0 Å².